The van der Waals surface area contributed by atoms with Gasteiger partial charge in [0.1, 0.15) is 18.2 Å². The van der Waals surface area contributed by atoms with Gasteiger partial charge in [-0.05, 0) is 31.0 Å². The Hall–Kier alpha value is -2.36. The molecule has 3 aromatic rings. The molecule has 1 aromatic carbocycles. The van der Waals surface area contributed by atoms with Crippen LogP contribution in [0.25, 0.3) is 0 Å². The predicted molar refractivity (Wildman–Crippen MR) is 148 cm³/mol. The fraction of sp³-hybridized carbons (Fsp3) is 0.520. The number of hydrogen-bond donors (Lipinski definition) is 0. The summed E-state index contributed by atoms with van der Waals surface area (Å²) in [6, 6.07) is 8.36. The molecule has 2 aliphatic heterocycles. The van der Waals surface area contributed by atoms with Gasteiger partial charge in [0, 0.05) is 31.2 Å². The van der Waals surface area contributed by atoms with Gasteiger partial charge in [0.05, 0.1) is 22.8 Å². The third-order valence-corrected chi connectivity index (χ3v) is 8.25. The third-order valence-electron chi connectivity index (χ3n) is 6.41. The van der Waals surface area contributed by atoms with Crippen LogP contribution in [-0.2, 0) is 26.1 Å². The number of anilines is 1. The van der Waals surface area contributed by atoms with Crippen LogP contribution in [-0.4, -0.2) is 54.2 Å². The maximum Gasteiger partial charge on any atom is 0.324 e. The zero-order valence-electron chi connectivity index (χ0n) is 21.4. The van der Waals surface area contributed by atoms with Gasteiger partial charge in [-0.2, -0.15) is 9.19 Å². The molecule has 4 heterocycles. The molecule has 2 atom stereocenters. The van der Waals surface area contributed by atoms with Crippen LogP contribution in [0.3, 0.4) is 0 Å². The van der Waals surface area contributed by atoms with E-state index in [1.165, 1.54) is 6.33 Å². The molecule has 0 bridgehead atoms. The van der Waals surface area contributed by atoms with Crippen molar-refractivity contribution in [1.29, 1.82) is 0 Å². The van der Waals surface area contributed by atoms with E-state index < -0.39 is 11.4 Å². The van der Waals surface area contributed by atoms with Crippen molar-refractivity contribution < 1.29 is 26.6 Å². The minimum atomic E-state index is -1.62. The topological polar surface area (TPSA) is 122 Å². The van der Waals surface area contributed by atoms with Crippen molar-refractivity contribution in [3.63, 3.8) is 0 Å². The zero-order chi connectivity index (χ0) is 26.6. The number of alkyl halides is 1. The lowest BCUT2D eigenvalue weighted by Gasteiger charge is -2.35. The van der Waals surface area contributed by atoms with Gasteiger partial charge in [0.25, 0.3) is 0 Å². The number of rotatable bonds is 8. The van der Waals surface area contributed by atoms with Gasteiger partial charge in [-0.3, -0.25) is 8.37 Å². The molecule has 0 radical (unpaired) electrons. The lowest BCUT2D eigenvalue weighted by Crippen LogP contribution is -2.43. The van der Waals surface area contributed by atoms with Gasteiger partial charge in [0.15, 0.2) is 5.82 Å². The van der Waals surface area contributed by atoms with Gasteiger partial charge in [-0.15, -0.1) is 0 Å². The molecule has 5 rings (SSSR count). The second-order valence-electron chi connectivity index (χ2n) is 9.68. The largest absolute Gasteiger partial charge is 0.474 e. The predicted octanol–water partition coefficient (Wildman–Crippen LogP) is 4.68. The molecule has 0 amide bonds. The van der Waals surface area contributed by atoms with Crippen LogP contribution in [0.15, 0.2) is 35.1 Å². The van der Waals surface area contributed by atoms with Gasteiger partial charge in [0.2, 0.25) is 11.8 Å². The Bertz CT molecular complexity index is 1250. The number of hydrogen-bond acceptors (Lipinski definition) is 11. The highest BCUT2D eigenvalue weighted by molar-refractivity contribution is 14.1. The molecular formula is C25H30IN5O6S. The summed E-state index contributed by atoms with van der Waals surface area (Å²) in [5, 5.41) is 4.09. The van der Waals surface area contributed by atoms with Crippen molar-refractivity contribution in [1.82, 2.24) is 20.1 Å². The van der Waals surface area contributed by atoms with E-state index in [1.807, 2.05) is 45.0 Å². The minimum absolute atomic E-state index is 0.00783. The molecule has 0 N–H and O–H groups in total. The maximum absolute atomic E-state index is 11.2. The lowest BCUT2D eigenvalue weighted by atomic mass is 10.0. The number of piperidine rings is 1. The average molecular weight is 656 g/mol. The van der Waals surface area contributed by atoms with Crippen molar-refractivity contribution in [3.05, 3.63) is 47.5 Å². The molecule has 2 unspecified atom stereocenters. The van der Waals surface area contributed by atoms with E-state index >= 15 is 0 Å². The first kappa shape index (κ1) is 27.2. The highest BCUT2D eigenvalue weighted by Gasteiger charge is 2.32. The van der Waals surface area contributed by atoms with Gasteiger partial charge < -0.3 is 18.9 Å². The van der Waals surface area contributed by atoms with Crippen molar-refractivity contribution in [2.45, 2.75) is 56.1 Å². The number of halogens is 1. The van der Waals surface area contributed by atoms with E-state index in [0.717, 1.165) is 36.9 Å². The fourth-order valence-corrected chi connectivity index (χ4v) is 5.98. The summed E-state index contributed by atoms with van der Waals surface area (Å²) >= 11 is 0.773. The molecule has 38 heavy (non-hydrogen) atoms. The van der Waals surface area contributed by atoms with E-state index in [1.54, 1.807) is 0 Å². The van der Waals surface area contributed by atoms with Crippen LogP contribution < -0.4 is 14.4 Å². The van der Waals surface area contributed by atoms with Crippen LogP contribution in [0.4, 0.5) is 6.01 Å². The highest BCUT2D eigenvalue weighted by atomic mass is 127. The summed E-state index contributed by atoms with van der Waals surface area (Å²) in [7, 11) is 0. The summed E-state index contributed by atoms with van der Waals surface area (Å²) in [4.78, 5) is 15.4. The Balaban J connectivity index is 1.17. The molecular weight excluding hydrogens is 625 g/mol. The second-order valence-corrected chi connectivity index (χ2v) is 12.0. The Kier molecular flexibility index (Phi) is 8.75. The standard InChI is InChI=1S/C25H30IN5O6S/c1-15(2)22-29-25(37-30-22)31-9-8-20(11-21(31)26)36-24-16(3)23(27-14-28-24)35-19-6-4-17(5-7-19)10-18-12-33-38(32)34-13-18/h4-7,14-15,18,20-21H,8-13H2,1-3H3. The van der Waals surface area contributed by atoms with Crippen molar-refractivity contribution >= 4 is 40.0 Å². The smallest absolute Gasteiger partial charge is 0.324 e. The first-order chi connectivity index (χ1) is 18.4. The number of nitrogens with zero attached hydrogens (tertiary/aromatic N) is 5. The maximum atomic E-state index is 11.2. The van der Waals surface area contributed by atoms with Crippen molar-refractivity contribution in [3.8, 4) is 17.5 Å². The van der Waals surface area contributed by atoms with Crippen LogP contribution >= 0.6 is 22.6 Å². The summed E-state index contributed by atoms with van der Waals surface area (Å²) in [5.41, 5.74) is 1.86. The van der Waals surface area contributed by atoms with Crippen LogP contribution in [0.2, 0.25) is 0 Å². The Morgan fingerprint density at radius 2 is 1.89 bits per heavy atom. The highest BCUT2D eigenvalue weighted by Crippen LogP contribution is 2.33. The van der Waals surface area contributed by atoms with E-state index in [-0.39, 0.29) is 22.0 Å². The SMILES string of the molecule is Cc1c(Oc2ccc(CC3COS(=O)OC3)cc2)ncnc1OC1CCN(c2nc(C(C)C)no2)C(I)C1. The van der Waals surface area contributed by atoms with Crippen LogP contribution in [0.5, 0.6) is 17.5 Å². The second kappa shape index (κ2) is 12.2. The molecule has 0 spiro atoms. The first-order valence-corrected chi connectivity index (χ1v) is 14.8. The quantitative estimate of drug-likeness (QED) is 0.191. The average Bonchev–Trinajstić information content (AvgIpc) is 3.40. The van der Waals surface area contributed by atoms with Crippen molar-refractivity contribution in [2.75, 3.05) is 24.7 Å². The van der Waals surface area contributed by atoms with Gasteiger partial charge in [-0.1, -0.05) is 53.7 Å². The zero-order valence-corrected chi connectivity index (χ0v) is 24.4. The Morgan fingerprint density at radius 1 is 1.16 bits per heavy atom. The minimum Gasteiger partial charge on any atom is -0.474 e. The summed E-state index contributed by atoms with van der Waals surface area (Å²) < 4.78 is 39.3. The number of benzene rings is 1. The van der Waals surface area contributed by atoms with E-state index in [2.05, 4.69) is 47.6 Å². The van der Waals surface area contributed by atoms with Crippen LogP contribution in [0, 0.1) is 12.8 Å². The molecule has 2 aromatic heterocycles. The molecule has 2 fully saturated rings. The summed E-state index contributed by atoms with van der Waals surface area (Å²) in [5.74, 6) is 2.74. The Labute approximate surface area is 237 Å². The summed E-state index contributed by atoms with van der Waals surface area (Å²) in [6.07, 6.45) is 3.80. The normalized spacial score (nSPS) is 24.0. The Morgan fingerprint density at radius 3 is 2.58 bits per heavy atom. The molecule has 204 valence electrons. The summed E-state index contributed by atoms with van der Waals surface area (Å²) in [6.45, 7) is 7.57. The monoisotopic (exact) mass is 655 g/mol. The van der Waals surface area contributed by atoms with E-state index in [4.69, 9.17) is 22.4 Å². The lowest BCUT2D eigenvalue weighted by molar-refractivity contribution is 0.124. The van der Waals surface area contributed by atoms with Crippen molar-refractivity contribution in [2.24, 2.45) is 5.92 Å². The van der Waals surface area contributed by atoms with E-state index in [9.17, 15) is 4.21 Å². The first-order valence-electron chi connectivity index (χ1n) is 12.5. The number of aromatic nitrogens is 4. The molecule has 2 saturated heterocycles. The molecule has 0 aliphatic carbocycles. The molecule has 11 nitrogen and oxygen atoms in total. The fourth-order valence-electron chi connectivity index (χ4n) is 4.23. The van der Waals surface area contributed by atoms with Gasteiger partial charge in [-0.25, -0.2) is 9.97 Å². The third kappa shape index (κ3) is 6.61. The number of ether oxygens (including phenoxy) is 2. The molecule has 2 aliphatic rings. The molecule has 0 saturated carbocycles. The van der Waals surface area contributed by atoms with Gasteiger partial charge >= 0.3 is 17.4 Å². The van der Waals surface area contributed by atoms with E-state index in [0.29, 0.717) is 42.6 Å². The molecule has 13 heteroatoms. The van der Waals surface area contributed by atoms with Crippen LogP contribution in [0.1, 0.15) is 49.6 Å².